The predicted octanol–water partition coefficient (Wildman–Crippen LogP) is -1.33. The Morgan fingerprint density at radius 3 is 2.56 bits per heavy atom. The lowest BCUT2D eigenvalue weighted by Crippen LogP contribution is -2.41. The maximum Gasteiger partial charge on any atom is 0.221 e. The van der Waals surface area contributed by atoms with Gasteiger partial charge in [-0.05, 0) is 12.8 Å². The molecule has 1 aliphatic heterocycles. The Labute approximate surface area is 94.6 Å². The Kier molecular flexibility index (Phi) is 5.00. The van der Waals surface area contributed by atoms with E-state index >= 15 is 0 Å². The minimum Gasteiger partial charge on any atom is -0.394 e. The Balaban J connectivity index is 2.31. The first-order chi connectivity index (χ1) is 7.63. The molecule has 6 N–H and O–H groups in total. The molecule has 0 aromatic heterocycles. The number of rotatable bonds is 3. The molecule has 1 fully saturated rings. The highest BCUT2D eigenvalue weighted by Crippen LogP contribution is 2.13. The SMILES string of the molecule is N=C(N=C(N)N)N1CCC(OCCO)CC1. The predicted molar refractivity (Wildman–Crippen MR) is 61.2 cm³/mol. The van der Waals surface area contributed by atoms with E-state index in [0.717, 1.165) is 12.8 Å². The molecule has 1 rings (SSSR count). The zero-order chi connectivity index (χ0) is 12.0. The van der Waals surface area contributed by atoms with Crippen molar-refractivity contribution in [3.63, 3.8) is 0 Å². The summed E-state index contributed by atoms with van der Waals surface area (Å²) in [7, 11) is 0. The van der Waals surface area contributed by atoms with Crippen molar-refractivity contribution in [2.75, 3.05) is 26.3 Å². The van der Waals surface area contributed by atoms with Crippen LogP contribution in [0.5, 0.6) is 0 Å². The molecule has 7 heteroatoms. The van der Waals surface area contributed by atoms with Gasteiger partial charge in [0.1, 0.15) is 0 Å². The summed E-state index contributed by atoms with van der Waals surface area (Å²) >= 11 is 0. The van der Waals surface area contributed by atoms with Crippen LogP contribution in [-0.4, -0.2) is 54.3 Å². The molecule has 0 amide bonds. The Hall–Kier alpha value is -1.34. The van der Waals surface area contributed by atoms with Crippen molar-refractivity contribution in [2.45, 2.75) is 18.9 Å². The van der Waals surface area contributed by atoms with E-state index in [4.69, 9.17) is 26.7 Å². The third-order valence-electron chi connectivity index (χ3n) is 2.42. The summed E-state index contributed by atoms with van der Waals surface area (Å²) in [4.78, 5) is 5.49. The minimum absolute atomic E-state index is 0.0457. The quantitative estimate of drug-likeness (QED) is 0.353. The molecule has 1 heterocycles. The van der Waals surface area contributed by atoms with Crippen molar-refractivity contribution in [3.8, 4) is 0 Å². The highest BCUT2D eigenvalue weighted by molar-refractivity contribution is 5.91. The molecule has 0 aromatic rings. The van der Waals surface area contributed by atoms with E-state index in [0.29, 0.717) is 19.7 Å². The van der Waals surface area contributed by atoms with E-state index < -0.39 is 0 Å². The molecule has 0 saturated carbocycles. The lowest BCUT2D eigenvalue weighted by Gasteiger charge is -2.31. The molecule has 7 nitrogen and oxygen atoms in total. The van der Waals surface area contributed by atoms with Crippen LogP contribution in [0.3, 0.4) is 0 Å². The number of hydrogen-bond acceptors (Lipinski definition) is 3. The summed E-state index contributed by atoms with van der Waals surface area (Å²) in [5.41, 5.74) is 10.4. The zero-order valence-corrected chi connectivity index (χ0v) is 9.22. The summed E-state index contributed by atoms with van der Waals surface area (Å²) in [5.74, 6) is 0.00395. The Morgan fingerprint density at radius 1 is 1.44 bits per heavy atom. The van der Waals surface area contributed by atoms with Gasteiger partial charge in [0, 0.05) is 13.1 Å². The van der Waals surface area contributed by atoms with E-state index in [2.05, 4.69) is 4.99 Å². The first-order valence-electron chi connectivity index (χ1n) is 5.29. The lowest BCUT2D eigenvalue weighted by atomic mass is 10.1. The Bertz CT molecular complexity index is 257. The summed E-state index contributed by atoms with van der Waals surface area (Å²) in [6.45, 7) is 1.82. The molecule has 0 unspecified atom stereocenters. The topological polar surface area (TPSA) is 121 Å². The number of guanidine groups is 2. The summed E-state index contributed by atoms with van der Waals surface area (Å²) in [6.07, 6.45) is 1.81. The number of aliphatic hydroxyl groups excluding tert-OH is 1. The first-order valence-corrected chi connectivity index (χ1v) is 5.29. The van der Waals surface area contributed by atoms with Gasteiger partial charge < -0.3 is 26.2 Å². The minimum atomic E-state index is -0.0938. The van der Waals surface area contributed by atoms with Gasteiger partial charge >= 0.3 is 0 Å². The smallest absolute Gasteiger partial charge is 0.221 e. The van der Waals surface area contributed by atoms with Crippen LogP contribution in [-0.2, 0) is 4.74 Å². The molecule has 1 aliphatic rings. The number of nitrogens with two attached hydrogens (primary N) is 2. The molecule has 0 atom stereocenters. The lowest BCUT2D eigenvalue weighted by molar-refractivity contribution is 0.00143. The number of hydrogen-bond donors (Lipinski definition) is 4. The van der Waals surface area contributed by atoms with Crippen molar-refractivity contribution < 1.29 is 9.84 Å². The van der Waals surface area contributed by atoms with Crippen molar-refractivity contribution in [3.05, 3.63) is 0 Å². The molecule has 0 spiro atoms. The summed E-state index contributed by atoms with van der Waals surface area (Å²) in [6, 6.07) is 0. The number of aliphatic imine (C=N–C) groups is 1. The van der Waals surface area contributed by atoms with Crippen molar-refractivity contribution in [1.29, 1.82) is 5.41 Å². The van der Waals surface area contributed by atoms with Crippen molar-refractivity contribution in [2.24, 2.45) is 16.5 Å². The van der Waals surface area contributed by atoms with Gasteiger partial charge in [-0.25, -0.2) is 0 Å². The van der Waals surface area contributed by atoms with Gasteiger partial charge in [-0.15, -0.1) is 0 Å². The molecule has 16 heavy (non-hydrogen) atoms. The van der Waals surface area contributed by atoms with E-state index in [1.165, 1.54) is 0 Å². The normalized spacial score (nSPS) is 17.2. The molecule has 1 saturated heterocycles. The second kappa shape index (κ2) is 6.29. The number of aliphatic hydroxyl groups is 1. The van der Waals surface area contributed by atoms with Crippen LogP contribution >= 0.6 is 0 Å². The average Bonchev–Trinajstić information content (AvgIpc) is 2.26. The third kappa shape index (κ3) is 4.03. The second-order valence-electron chi connectivity index (χ2n) is 3.64. The highest BCUT2D eigenvalue weighted by Gasteiger charge is 2.21. The zero-order valence-electron chi connectivity index (χ0n) is 9.22. The Morgan fingerprint density at radius 2 is 2.06 bits per heavy atom. The summed E-state index contributed by atoms with van der Waals surface area (Å²) < 4.78 is 5.41. The van der Waals surface area contributed by atoms with E-state index in [-0.39, 0.29) is 24.6 Å². The van der Waals surface area contributed by atoms with Crippen LogP contribution in [0, 0.1) is 5.41 Å². The van der Waals surface area contributed by atoms with Gasteiger partial charge in [0.15, 0.2) is 5.96 Å². The van der Waals surface area contributed by atoms with Crippen LogP contribution in [0.15, 0.2) is 4.99 Å². The van der Waals surface area contributed by atoms with Gasteiger partial charge in [-0.2, -0.15) is 4.99 Å². The largest absolute Gasteiger partial charge is 0.394 e. The second-order valence-corrected chi connectivity index (χ2v) is 3.64. The van der Waals surface area contributed by atoms with Crippen LogP contribution in [0.2, 0.25) is 0 Å². The van der Waals surface area contributed by atoms with Gasteiger partial charge in [0.05, 0.1) is 19.3 Å². The van der Waals surface area contributed by atoms with Crippen LogP contribution in [0.4, 0.5) is 0 Å². The number of likely N-dealkylation sites (tertiary alicyclic amines) is 1. The molecular formula is C9H19N5O2. The van der Waals surface area contributed by atoms with Crippen LogP contribution in [0.1, 0.15) is 12.8 Å². The van der Waals surface area contributed by atoms with Crippen molar-refractivity contribution in [1.82, 2.24) is 4.90 Å². The van der Waals surface area contributed by atoms with Crippen LogP contribution < -0.4 is 11.5 Å². The van der Waals surface area contributed by atoms with E-state index in [1.807, 2.05) is 0 Å². The van der Waals surface area contributed by atoms with E-state index in [9.17, 15) is 0 Å². The van der Waals surface area contributed by atoms with Gasteiger partial charge in [-0.1, -0.05) is 0 Å². The molecule has 92 valence electrons. The van der Waals surface area contributed by atoms with Gasteiger partial charge in [-0.3, -0.25) is 5.41 Å². The fourth-order valence-corrected chi connectivity index (χ4v) is 1.65. The van der Waals surface area contributed by atoms with E-state index in [1.54, 1.807) is 4.90 Å². The number of nitrogens with zero attached hydrogens (tertiary/aromatic N) is 2. The maximum absolute atomic E-state index is 8.62. The molecule has 0 radical (unpaired) electrons. The average molecular weight is 229 g/mol. The fourth-order valence-electron chi connectivity index (χ4n) is 1.65. The number of ether oxygens (including phenoxy) is 1. The summed E-state index contributed by atoms with van der Waals surface area (Å²) in [5, 5.41) is 16.2. The van der Waals surface area contributed by atoms with Crippen molar-refractivity contribution >= 4 is 11.9 Å². The molecule has 0 aliphatic carbocycles. The maximum atomic E-state index is 8.62. The third-order valence-corrected chi connectivity index (χ3v) is 2.42. The fraction of sp³-hybridized carbons (Fsp3) is 0.778. The highest BCUT2D eigenvalue weighted by atomic mass is 16.5. The molecular weight excluding hydrogens is 210 g/mol. The molecule has 0 bridgehead atoms. The number of piperidine rings is 1. The molecule has 0 aromatic carbocycles. The first kappa shape index (κ1) is 12.7. The van der Waals surface area contributed by atoms with Gasteiger partial charge in [0.2, 0.25) is 5.96 Å². The van der Waals surface area contributed by atoms with Gasteiger partial charge in [0.25, 0.3) is 0 Å². The number of nitrogens with one attached hydrogen (secondary N) is 1. The monoisotopic (exact) mass is 229 g/mol. The van der Waals surface area contributed by atoms with Crippen LogP contribution in [0.25, 0.3) is 0 Å². The standard InChI is InChI=1S/C9H19N5O2/c10-8(11)13-9(12)14-3-1-7(2-4-14)16-6-5-15/h7,15H,1-6H2,(H5,10,11,12,13).